The fraction of sp³-hybridized carbons (Fsp3) is 0.667. The molecule has 1 saturated heterocycles. The van der Waals surface area contributed by atoms with Gasteiger partial charge >= 0.3 is 0 Å². The number of aromatic nitrogens is 2. The fourth-order valence-electron chi connectivity index (χ4n) is 2.76. The number of aryl methyl sites for hydroxylation is 2. The third-order valence-electron chi connectivity index (χ3n) is 3.64. The molecule has 5 heteroatoms. The molecule has 1 aliphatic rings. The summed E-state index contributed by atoms with van der Waals surface area (Å²) in [5, 5.41) is 2.97. The molecular weight excluding hydrogens is 254 g/mol. The molecule has 0 spiro atoms. The van der Waals surface area contributed by atoms with Crippen molar-refractivity contribution in [2.75, 3.05) is 13.2 Å². The Hall–Kier alpha value is -1.49. The maximum absolute atomic E-state index is 12.1. The molecule has 0 bridgehead atoms. The number of ether oxygens (including phenoxy) is 1. The number of carbonyl (C=O) groups excluding carboxylic acids is 1. The van der Waals surface area contributed by atoms with Crippen LogP contribution in [-0.2, 0) is 4.74 Å². The summed E-state index contributed by atoms with van der Waals surface area (Å²) in [7, 11) is 0. The molecule has 0 radical (unpaired) electrons. The number of hydrogen-bond acceptors (Lipinski definition) is 4. The van der Waals surface area contributed by atoms with Crippen molar-refractivity contribution in [3.63, 3.8) is 0 Å². The van der Waals surface area contributed by atoms with Gasteiger partial charge < -0.3 is 10.1 Å². The monoisotopic (exact) mass is 277 g/mol. The smallest absolute Gasteiger partial charge is 0.270 e. The molecular formula is C15H23N3O2. The zero-order chi connectivity index (χ0) is 14.7. The minimum Gasteiger partial charge on any atom is -0.378 e. The first-order valence-corrected chi connectivity index (χ1v) is 7.19. The third-order valence-corrected chi connectivity index (χ3v) is 3.64. The van der Waals surface area contributed by atoms with E-state index in [1.54, 1.807) is 13.0 Å². The average molecular weight is 277 g/mol. The van der Waals surface area contributed by atoms with Crippen LogP contribution < -0.4 is 5.32 Å². The largest absolute Gasteiger partial charge is 0.378 e. The van der Waals surface area contributed by atoms with E-state index in [4.69, 9.17) is 4.74 Å². The summed E-state index contributed by atoms with van der Waals surface area (Å²) in [6.07, 6.45) is 1.24. The Bertz CT molecular complexity index is 468. The zero-order valence-electron chi connectivity index (χ0n) is 12.6. The van der Waals surface area contributed by atoms with Gasteiger partial charge in [-0.1, -0.05) is 13.8 Å². The van der Waals surface area contributed by atoms with Gasteiger partial charge in [0.2, 0.25) is 0 Å². The van der Waals surface area contributed by atoms with Crippen LogP contribution in [0.4, 0.5) is 0 Å². The van der Waals surface area contributed by atoms with Gasteiger partial charge in [-0.05, 0) is 32.3 Å². The van der Waals surface area contributed by atoms with Gasteiger partial charge in [0.25, 0.3) is 5.91 Å². The molecule has 1 amide bonds. The molecule has 20 heavy (non-hydrogen) atoms. The number of hydrogen-bond donors (Lipinski definition) is 1. The van der Waals surface area contributed by atoms with Crippen LogP contribution >= 0.6 is 0 Å². The minimum absolute atomic E-state index is 0.131. The topological polar surface area (TPSA) is 64.1 Å². The van der Waals surface area contributed by atoms with Crippen molar-refractivity contribution >= 4 is 5.91 Å². The van der Waals surface area contributed by atoms with Crippen LogP contribution in [0, 0.1) is 25.7 Å². The maximum atomic E-state index is 12.1. The van der Waals surface area contributed by atoms with Crippen molar-refractivity contribution in [1.29, 1.82) is 0 Å². The minimum atomic E-state index is -0.131. The van der Waals surface area contributed by atoms with E-state index in [2.05, 4.69) is 29.1 Å². The lowest BCUT2D eigenvalue weighted by atomic mass is 9.93. The Morgan fingerprint density at radius 1 is 1.45 bits per heavy atom. The maximum Gasteiger partial charge on any atom is 0.270 e. The lowest BCUT2D eigenvalue weighted by Gasteiger charge is -2.22. The van der Waals surface area contributed by atoms with Crippen LogP contribution in [0.5, 0.6) is 0 Å². The second kappa shape index (κ2) is 6.31. The summed E-state index contributed by atoms with van der Waals surface area (Å²) < 4.78 is 5.73. The van der Waals surface area contributed by atoms with Gasteiger partial charge in [0.15, 0.2) is 0 Å². The number of nitrogens with one attached hydrogen (secondary N) is 1. The second-order valence-electron chi connectivity index (χ2n) is 5.78. The van der Waals surface area contributed by atoms with E-state index in [9.17, 15) is 4.79 Å². The molecule has 1 fully saturated rings. The SMILES string of the molecule is Cc1cc(C(=O)NC[C@H]2CCO[C@@H]2C(C)C)nc(C)n1. The van der Waals surface area contributed by atoms with Crippen LogP contribution in [0.15, 0.2) is 6.07 Å². The first-order valence-electron chi connectivity index (χ1n) is 7.19. The Balaban J connectivity index is 1.95. The van der Waals surface area contributed by atoms with E-state index in [1.807, 2.05) is 6.92 Å². The Morgan fingerprint density at radius 3 is 2.85 bits per heavy atom. The van der Waals surface area contributed by atoms with Crippen LogP contribution in [0.2, 0.25) is 0 Å². The summed E-state index contributed by atoms with van der Waals surface area (Å²) in [4.78, 5) is 20.5. The third kappa shape index (κ3) is 3.54. The molecule has 1 aromatic rings. The van der Waals surface area contributed by atoms with Crippen LogP contribution in [-0.4, -0.2) is 35.1 Å². The van der Waals surface area contributed by atoms with Crippen molar-refractivity contribution < 1.29 is 9.53 Å². The molecule has 1 aliphatic heterocycles. The van der Waals surface area contributed by atoms with E-state index in [0.717, 1.165) is 18.7 Å². The Morgan fingerprint density at radius 2 is 2.20 bits per heavy atom. The van der Waals surface area contributed by atoms with Gasteiger partial charge in [-0.15, -0.1) is 0 Å². The molecule has 0 aliphatic carbocycles. The fourth-order valence-corrected chi connectivity index (χ4v) is 2.76. The van der Waals surface area contributed by atoms with Gasteiger partial charge in [-0.25, -0.2) is 9.97 Å². The van der Waals surface area contributed by atoms with Crippen molar-refractivity contribution in [2.24, 2.45) is 11.8 Å². The molecule has 2 rings (SSSR count). The Kier molecular flexibility index (Phi) is 4.70. The summed E-state index contributed by atoms with van der Waals surface area (Å²) in [5.41, 5.74) is 1.25. The quantitative estimate of drug-likeness (QED) is 0.912. The van der Waals surface area contributed by atoms with Gasteiger partial charge in [-0.3, -0.25) is 4.79 Å². The number of nitrogens with zero attached hydrogens (tertiary/aromatic N) is 2. The van der Waals surface area contributed by atoms with E-state index in [1.165, 1.54) is 0 Å². The molecule has 1 aromatic heterocycles. The second-order valence-corrected chi connectivity index (χ2v) is 5.78. The predicted molar refractivity (Wildman–Crippen MR) is 76.5 cm³/mol. The molecule has 0 unspecified atom stereocenters. The van der Waals surface area contributed by atoms with Gasteiger partial charge in [0.1, 0.15) is 11.5 Å². The number of amides is 1. The molecule has 2 atom stereocenters. The molecule has 110 valence electrons. The summed E-state index contributed by atoms with van der Waals surface area (Å²) in [6, 6.07) is 1.72. The van der Waals surface area contributed by atoms with Crippen molar-refractivity contribution in [2.45, 2.75) is 40.2 Å². The summed E-state index contributed by atoms with van der Waals surface area (Å²) >= 11 is 0. The van der Waals surface area contributed by atoms with Gasteiger partial charge in [0.05, 0.1) is 6.10 Å². The lowest BCUT2D eigenvalue weighted by Crippen LogP contribution is -2.35. The first kappa shape index (κ1) is 14.9. The van der Waals surface area contributed by atoms with Crippen molar-refractivity contribution in [3.8, 4) is 0 Å². The van der Waals surface area contributed by atoms with E-state index in [0.29, 0.717) is 29.9 Å². The average Bonchev–Trinajstić information content (AvgIpc) is 2.83. The zero-order valence-corrected chi connectivity index (χ0v) is 12.6. The molecule has 0 aromatic carbocycles. The molecule has 2 heterocycles. The lowest BCUT2D eigenvalue weighted by molar-refractivity contribution is 0.0533. The van der Waals surface area contributed by atoms with E-state index >= 15 is 0 Å². The van der Waals surface area contributed by atoms with Crippen molar-refractivity contribution in [3.05, 3.63) is 23.3 Å². The van der Waals surface area contributed by atoms with Crippen LogP contribution in [0.1, 0.15) is 42.3 Å². The molecule has 5 nitrogen and oxygen atoms in total. The Labute approximate surface area is 120 Å². The first-order chi connectivity index (χ1) is 9.47. The highest BCUT2D eigenvalue weighted by Gasteiger charge is 2.30. The van der Waals surface area contributed by atoms with Gasteiger partial charge in [0, 0.05) is 24.8 Å². The number of carbonyl (C=O) groups is 1. The van der Waals surface area contributed by atoms with Gasteiger partial charge in [-0.2, -0.15) is 0 Å². The van der Waals surface area contributed by atoms with Crippen LogP contribution in [0.3, 0.4) is 0 Å². The molecule has 0 saturated carbocycles. The highest BCUT2D eigenvalue weighted by Crippen LogP contribution is 2.26. The normalized spacial score (nSPS) is 22.2. The molecule has 1 N–H and O–H groups in total. The van der Waals surface area contributed by atoms with E-state index < -0.39 is 0 Å². The highest BCUT2D eigenvalue weighted by atomic mass is 16.5. The van der Waals surface area contributed by atoms with Crippen molar-refractivity contribution in [1.82, 2.24) is 15.3 Å². The summed E-state index contributed by atoms with van der Waals surface area (Å²) in [6.45, 7) is 9.40. The highest BCUT2D eigenvalue weighted by molar-refractivity contribution is 5.92. The predicted octanol–water partition coefficient (Wildman–Crippen LogP) is 1.88. The van der Waals surface area contributed by atoms with E-state index in [-0.39, 0.29) is 12.0 Å². The summed E-state index contributed by atoms with van der Waals surface area (Å²) in [5.74, 6) is 1.36. The standard InChI is InChI=1S/C15H23N3O2/c1-9(2)14-12(5-6-20-14)8-16-15(19)13-7-10(3)17-11(4)18-13/h7,9,12,14H,5-6,8H2,1-4H3,(H,16,19)/t12-,14-/m1/s1. The number of rotatable bonds is 4. The van der Waals surface area contributed by atoms with Crippen LogP contribution in [0.25, 0.3) is 0 Å².